The van der Waals surface area contributed by atoms with Crippen molar-refractivity contribution in [2.24, 2.45) is 0 Å². The highest BCUT2D eigenvalue weighted by Gasteiger charge is 2.05. The second-order valence-electron chi connectivity index (χ2n) is 4.28. The van der Waals surface area contributed by atoms with Crippen LogP contribution in [0, 0.1) is 5.82 Å². The fraction of sp³-hybridized carbons (Fsp3) is 0.133. The number of benzene rings is 2. The molecule has 0 spiro atoms. The lowest BCUT2D eigenvalue weighted by atomic mass is 10.3. The van der Waals surface area contributed by atoms with E-state index in [1.54, 1.807) is 23.5 Å². The number of hydrogen-bond acceptors (Lipinski definition) is 4. The number of para-hydroxylation sites is 1. The Bertz CT molecular complexity index is 709. The number of hydrogen-bond donors (Lipinski definition) is 1. The number of nitrogens with zero attached hydrogens (tertiary/aromatic N) is 1. The third-order valence-corrected chi connectivity index (χ3v) is 3.97. The van der Waals surface area contributed by atoms with Crippen LogP contribution in [0.25, 0.3) is 10.2 Å². The van der Waals surface area contributed by atoms with E-state index in [4.69, 9.17) is 4.74 Å². The normalized spacial score (nSPS) is 10.7. The molecule has 0 fully saturated rings. The zero-order valence-electron chi connectivity index (χ0n) is 10.9. The van der Waals surface area contributed by atoms with E-state index in [0.717, 1.165) is 16.2 Å². The monoisotopic (exact) mass is 288 g/mol. The second kappa shape index (κ2) is 5.46. The van der Waals surface area contributed by atoms with Crippen LogP contribution < -0.4 is 10.1 Å². The van der Waals surface area contributed by atoms with Gasteiger partial charge in [0.1, 0.15) is 5.01 Å². The van der Waals surface area contributed by atoms with Gasteiger partial charge in [-0.05, 0) is 24.3 Å². The number of halogens is 1. The first-order valence-corrected chi connectivity index (χ1v) is 7.00. The van der Waals surface area contributed by atoms with E-state index in [-0.39, 0.29) is 11.6 Å². The molecule has 1 N–H and O–H groups in total. The van der Waals surface area contributed by atoms with E-state index in [1.165, 1.54) is 17.9 Å². The Morgan fingerprint density at radius 1 is 1.25 bits per heavy atom. The molecule has 0 aliphatic heterocycles. The topological polar surface area (TPSA) is 34.1 Å². The highest BCUT2D eigenvalue weighted by Crippen LogP contribution is 2.24. The minimum Gasteiger partial charge on any atom is -0.494 e. The molecule has 0 aliphatic carbocycles. The summed E-state index contributed by atoms with van der Waals surface area (Å²) in [5.74, 6) is -0.127. The Hall–Kier alpha value is -2.14. The summed E-state index contributed by atoms with van der Waals surface area (Å²) in [6.07, 6.45) is 0. The van der Waals surface area contributed by atoms with Crippen LogP contribution in [0.3, 0.4) is 0 Å². The highest BCUT2D eigenvalue weighted by atomic mass is 32.1. The van der Waals surface area contributed by atoms with Gasteiger partial charge in [0.25, 0.3) is 0 Å². The number of aromatic nitrogens is 1. The quantitative estimate of drug-likeness (QED) is 0.786. The summed E-state index contributed by atoms with van der Waals surface area (Å²) in [5, 5.41) is 4.22. The molecule has 1 aromatic heterocycles. The molecular weight excluding hydrogens is 275 g/mol. The van der Waals surface area contributed by atoms with E-state index in [1.807, 2.05) is 18.2 Å². The van der Waals surface area contributed by atoms with E-state index in [9.17, 15) is 4.39 Å². The highest BCUT2D eigenvalue weighted by molar-refractivity contribution is 7.18. The first-order chi connectivity index (χ1) is 9.76. The lowest BCUT2D eigenvalue weighted by Gasteiger charge is -2.07. The van der Waals surface area contributed by atoms with Gasteiger partial charge in [0.2, 0.25) is 0 Å². The van der Waals surface area contributed by atoms with Gasteiger partial charge in [-0.3, -0.25) is 0 Å². The van der Waals surface area contributed by atoms with Crippen molar-refractivity contribution in [3.8, 4) is 5.75 Å². The van der Waals surface area contributed by atoms with Gasteiger partial charge in [-0.2, -0.15) is 0 Å². The van der Waals surface area contributed by atoms with Crippen molar-refractivity contribution in [3.63, 3.8) is 0 Å². The average molecular weight is 288 g/mol. The molecule has 0 radical (unpaired) electrons. The Labute approximate surface area is 120 Å². The van der Waals surface area contributed by atoms with E-state index < -0.39 is 0 Å². The summed E-state index contributed by atoms with van der Waals surface area (Å²) in [4.78, 5) is 4.54. The first kappa shape index (κ1) is 12.9. The van der Waals surface area contributed by atoms with Crippen LogP contribution in [-0.2, 0) is 6.54 Å². The van der Waals surface area contributed by atoms with Crippen LogP contribution >= 0.6 is 11.3 Å². The number of anilines is 1. The molecule has 0 aliphatic rings. The van der Waals surface area contributed by atoms with Gasteiger partial charge in [0, 0.05) is 11.8 Å². The molecule has 0 saturated heterocycles. The number of nitrogens with one attached hydrogen (secondary N) is 1. The van der Waals surface area contributed by atoms with Crippen molar-refractivity contribution in [1.29, 1.82) is 0 Å². The van der Waals surface area contributed by atoms with E-state index in [2.05, 4.69) is 16.4 Å². The summed E-state index contributed by atoms with van der Waals surface area (Å²) < 4.78 is 19.4. The fourth-order valence-corrected chi connectivity index (χ4v) is 2.85. The summed E-state index contributed by atoms with van der Waals surface area (Å²) in [5.41, 5.74) is 1.81. The number of rotatable bonds is 4. The number of fused-ring (bicyclic) bond motifs is 1. The van der Waals surface area contributed by atoms with Gasteiger partial charge < -0.3 is 10.1 Å². The fourth-order valence-electron chi connectivity index (χ4n) is 1.94. The van der Waals surface area contributed by atoms with Gasteiger partial charge in [-0.15, -0.1) is 11.3 Å². The van der Waals surface area contributed by atoms with Crippen molar-refractivity contribution in [2.75, 3.05) is 12.4 Å². The predicted molar refractivity (Wildman–Crippen MR) is 79.9 cm³/mol. The Balaban J connectivity index is 1.75. The Morgan fingerprint density at radius 2 is 2.10 bits per heavy atom. The van der Waals surface area contributed by atoms with Crippen LogP contribution in [0.2, 0.25) is 0 Å². The van der Waals surface area contributed by atoms with Gasteiger partial charge in [0.05, 0.1) is 23.9 Å². The number of thiazole rings is 1. The molecule has 0 unspecified atom stereocenters. The molecule has 0 amide bonds. The minimum atomic E-state index is -0.363. The van der Waals surface area contributed by atoms with Crippen LogP contribution in [0.1, 0.15) is 5.01 Å². The third kappa shape index (κ3) is 2.58. The lowest BCUT2D eigenvalue weighted by Crippen LogP contribution is -1.99. The van der Waals surface area contributed by atoms with Crippen LogP contribution in [-0.4, -0.2) is 12.1 Å². The van der Waals surface area contributed by atoms with Crippen molar-refractivity contribution >= 4 is 27.2 Å². The standard InChI is InChI=1S/C15H13FN2OS/c1-19-13-8-10(6-7-11(13)16)17-9-15-18-12-4-2-3-5-14(12)20-15/h2-8,17H,9H2,1H3. The maximum Gasteiger partial charge on any atom is 0.165 e. The molecular formula is C15H13FN2OS. The summed E-state index contributed by atoms with van der Waals surface area (Å²) >= 11 is 1.65. The van der Waals surface area contributed by atoms with Crippen LogP contribution in [0.5, 0.6) is 5.75 Å². The molecule has 3 rings (SSSR count). The largest absolute Gasteiger partial charge is 0.494 e. The molecule has 1 heterocycles. The van der Waals surface area contributed by atoms with E-state index in [0.29, 0.717) is 6.54 Å². The van der Waals surface area contributed by atoms with Crippen molar-refractivity contribution in [3.05, 3.63) is 53.3 Å². The summed E-state index contributed by atoms with van der Waals surface area (Å²) in [7, 11) is 1.45. The molecule has 0 saturated carbocycles. The molecule has 20 heavy (non-hydrogen) atoms. The SMILES string of the molecule is COc1cc(NCc2nc3ccccc3s2)ccc1F. The van der Waals surface area contributed by atoms with Gasteiger partial charge in [-0.25, -0.2) is 9.37 Å². The average Bonchev–Trinajstić information content (AvgIpc) is 2.89. The first-order valence-electron chi connectivity index (χ1n) is 6.18. The van der Waals surface area contributed by atoms with Gasteiger partial charge in [-0.1, -0.05) is 12.1 Å². The maximum atomic E-state index is 13.3. The second-order valence-corrected chi connectivity index (χ2v) is 5.39. The third-order valence-electron chi connectivity index (χ3n) is 2.93. The molecule has 2 aromatic carbocycles. The maximum absolute atomic E-state index is 13.3. The minimum absolute atomic E-state index is 0.235. The van der Waals surface area contributed by atoms with Crippen molar-refractivity contribution < 1.29 is 9.13 Å². The Kier molecular flexibility index (Phi) is 3.52. The molecule has 3 nitrogen and oxygen atoms in total. The molecule has 3 aromatic rings. The molecule has 0 atom stereocenters. The zero-order valence-corrected chi connectivity index (χ0v) is 11.7. The number of methoxy groups -OCH3 is 1. The van der Waals surface area contributed by atoms with E-state index >= 15 is 0 Å². The molecule has 102 valence electrons. The molecule has 0 bridgehead atoms. The van der Waals surface area contributed by atoms with Gasteiger partial charge in [0.15, 0.2) is 11.6 Å². The summed E-state index contributed by atoms with van der Waals surface area (Å²) in [6.45, 7) is 0.605. The predicted octanol–water partition coefficient (Wildman–Crippen LogP) is 4.06. The number of ether oxygens (including phenoxy) is 1. The molecule has 5 heteroatoms. The zero-order chi connectivity index (χ0) is 13.9. The Morgan fingerprint density at radius 3 is 2.90 bits per heavy atom. The van der Waals surface area contributed by atoms with Crippen molar-refractivity contribution in [2.45, 2.75) is 6.54 Å². The van der Waals surface area contributed by atoms with Crippen LogP contribution in [0.4, 0.5) is 10.1 Å². The van der Waals surface area contributed by atoms with Crippen LogP contribution in [0.15, 0.2) is 42.5 Å². The lowest BCUT2D eigenvalue weighted by molar-refractivity contribution is 0.387. The smallest absolute Gasteiger partial charge is 0.165 e. The summed E-state index contributed by atoms with van der Waals surface area (Å²) in [6, 6.07) is 12.7. The van der Waals surface area contributed by atoms with Gasteiger partial charge >= 0.3 is 0 Å². The van der Waals surface area contributed by atoms with Crippen molar-refractivity contribution in [1.82, 2.24) is 4.98 Å².